The molecule has 15 heavy (non-hydrogen) atoms. The van der Waals surface area contributed by atoms with E-state index in [1.165, 1.54) is 14.2 Å². The molecular formula is C11H14O4. The second-order valence-electron chi connectivity index (χ2n) is 4.05. The Morgan fingerprint density at radius 2 is 1.40 bits per heavy atom. The van der Waals surface area contributed by atoms with Crippen LogP contribution in [0.2, 0.25) is 0 Å². The molecule has 0 spiro atoms. The smallest absolute Gasteiger partial charge is 0.310 e. The van der Waals surface area contributed by atoms with E-state index in [0.29, 0.717) is 0 Å². The van der Waals surface area contributed by atoms with Crippen molar-refractivity contribution in [1.82, 2.24) is 0 Å². The highest BCUT2D eigenvalue weighted by Gasteiger charge is 2.52. The zero-order valence-corrected chi connectivity index (χ0v) is 8.80. The molecule has 4 atom stereocenters. The average molecular weight is 210 g/mol. The number of allylic oxidation sites excluding steroid dienone is 2. The van der Waals surface area contributed by atoms with Crippen LogP contribution < -0.4 is 0 Å². The lowest BCUT2D eigenvalue weighted by molar-refractivity contribution is -0.158. The summed E-state index contributed by atoms with van der Waals surface area (Å²) in [7, 11) is 2.71. The van der Waals surface area contributed by atoms with E-state index in [4.69, 9.17) is 9.47 Å². The SMILES string of the molecule is COC(=O)C1C(C(=O)OC)[C@H]2C=C[C@@H]1C2. The number of carbonyl (C=O) groups is 2. The van der Waals surface area contributed by atoms with Crippen LogP contribution in [0, 0.1) is 23.7 Å². The summed E-state index contributed by atoms with van der Waals surface area (Å²) in [4.78, 5) is 23.1. The summed E-state index contributed by atoms with van der Waals surface area (Å²) in [6, 6.07) is 0. The van der Waals surface area contributed by atoms with Crippen molar-refractivity contribution in [3.8, 4) is 0 Å². The van der Waals surface area contributed by atoms with E-state index >= 15 is 0 Å². The molecule has 4 heteroatoms. The Labute approximate surface area is 88.2 Å². The highest BCUT2D eigenvalue weighted by Crippen LogP contribution is 2.48. The molecule has 1 fully saturated rings. The second-order valence-corrected chi connectivity index (χ2v) is 4.05. The molecule has 2 aliphatic carbocycles. The maximum Gasteiger partial charge on any atom is 0.310 e. The summed E-state index contributed by atoms with van der Waals surface area (Å²) in [6.45, 7) is 0. The maximum atomic E-state index is 11.6. The number of methoxy groups -OCH3 is 2. The Hall–Kier alpha value is -1.32. The molecule has 0 saturated heterocycles. The minimum atomic E-state index is -0.350. The van der Waals surface area contributed by atoms with Crippen LogP contribution in [0.1, 0.15) is 6.42 Å². The van der Waals surface area contributed by atoms with Crippen molar-refractivity contribution < 1.29 is 19.1 Å². The standard InChI is InChI=1S/C11H14O4/c1-14-10(12)8-6-3-4-7(5-6)9(8)11(13)15-2/h3-4,6-9H,5H2,1-2H3/t6-,7+,8?,9?. The highest BCUT2D eigenvalue weighted by molar-refractivity contribution is 5.84. The van der Waals surface area contributed by atoms with E-state index in [-0.39, 0.29) is 35.6 Å². The molecule has 0 heterocycles. The van der Waals surface area contributed by atoms with Crippen LogP contribution in [0.15, 0.2) is 12.2 Å². The van der Waals surface area contributed by atoms with Crippen LogP contribution in [0.25, 0.3) is 0 Å². The number of ether oxygens (including phenoxy) is 2. The molecule has 0 aromatic rings. The van der Waals surface area contributed by atoms with Gasteiger partial charge in [-0.05, 0) is 18.3 Å². The number of hydrogen-bond donors (Lipinski definition) is 0. The molecule has 0 N–H and O–H groups in total. The van der Waals surface area contributed by atoms with Crippen LogP contribution in [-0.2, 0) is 19.1 Å². The van der Waals surface area contributed by atoms with Crippen LogP contribution in [0.3, 0.4) is 0 Å². The van der Waals surface area contributed by atoms with E-state index in [9.17, 15) is 9.59 Å². The summed E-state index contributed by atoms with van der Waals surface area (Å²) in [5.74, 6) is -1.02. The van der Waals surface area contributed by atoms with Gasteiger partial charge in [-0.1, -0.05) is 12.2 Å². The lowest BCUT2D eigenvalue weighted by Gasteiger charge is -2.23. The first-order valence-electron chi connectivity index (χ1n) is 5.03. The van der Waals surface area contributed by atoms with Gasteiger partial charge in [0.05, 0.1) is 26.1 Å². The molecule has 0 aromatic carbocycles. The minimum Gasteiger partial charge on any atom is -0.469 e. The summed E-state index contributed by atoms with van der Waals surface area (Å²) in [5.41, 5.74) is 0. The van der Waals surface area contributed by atoms with E-state index in [1.54, 1.807) is 0 Å². The Morgan fingerprint density at radius 1 is 1.00 bits per heavy atom. The van der Waals surface area contributed by atoms with Gasteiger partial charge < -0.3 is 9.47 Å². The largest absolute Gasteiger partial charge is 0.469 e. The minimum absolute atomic E-state index is 0.145. The van der Waals surface area contributed by atoms with Gasteiger partial charge in [-0.2, -0.15) is 0 Å². The average Bonchev–Trinajstić information content (AvgIpc) is 2.86. The van der Waals surface area contributed by atoms with Gasteiger partial charge in [0.1, 0.15) is 0 Å². The van der Waals surface area contributed by atoms with Crippen molar-refractivity contribution in [2.24, 2.45) is 23.7 Å². The van der Waals surface area contributed by atoms with Crippen LogP contribution >= 0.6 is 0 Å². The lowest BCUT2D eigenvalue weighted by Crippen LogP contribution is -2.34. The van der Waals surface area contributed by atoms with E-state index in [0.717, 1.165) is 6.42 Å². The Morgan fingerprint density at radius 3 is 1.73 bits per heavy atom. The third kappa shape index (κ3) is 1.44. The Balaban J connectivity index is 2.24. The van der Waals surface area contributed by atoms with Gasteiger partial charge in [-0.3, -0.25) is 9.59 Å². The van der Waals surface area contributed by atoms with E-state index in [1.807, 2.05) is 12.2 Å². The van der Waals surface area contributed by atoms with Gasteiger partial charge in [0.15, 0.2) is 0 Å². The van der Waals surface area contributed by atoms with Crippen LogP contribution in [-0.4, -0.2) is 26.2 Å². The third-order valence-electron chi connectivity index (χ3n) is 3.41. The molecule has 2 bridgehead atoms. The van der Waals surface area contributed by atoms with Gasteiger partial charge >= 0.3 is 11.9 Å². The number of fused-ring (bicyclic) bond motifs is 2. The van der Waals surface area contributed by atoms with Crippen molar-refractivity contribution in [2.45, 2.75) is 6.42 Å². The Bertz CT molecular complexity index is 291. The highest BCUT2D eigenvalue weighted by atomic mass is 16.5. The second kappa shape index (κ2) is 3.68. The Kier molecular flexibility index (Phi) is 2.50. The lowest BCUT2D eigenvalue weighted by atomic mass is 9.83. The van der Waals surface area contributed by atoms with Gasteiger partial charge in [-0.25, -0.2) is 0 Å². The normalized spacial score (nSPS) is 36.7. The van der Waals surface area contributed by atoms with Crippen LogP contribution in [0.5, 0.6) is 0 Å². The monoisotopic (exact) mass is 210 g/mol. The summed E-state index contributed by atoms with van der Waals surface area (Å²) >= 11 is 0. The van der Waals surface area contributed by atoms with Crippen molar-refractivity contribution in [1.29, 1.82) is 0 Å². The predicted octanol–water partition coefficient (Wildman–Crippen LogP) is 0.771. The maximum absolute atomic E-state index is 11.6. The predicted molar refractivity (Wildman–Crippen MR) is 51.7 cm³/mol. The van der Waals surface area contributed by atoms with Crippen molar-refractivity contribution in [2.75, 3.05) is 14.2 Å². The third-order valence-corrected chi connectivity index (χ3v) is 3.41. The van der Waals surface area contributed by atoms with E-state index < -0.39 is 0 Å². The molecular weight excluding hydrogens is 196 g/mol. The fourth-order valence-electron chi connectivity index (χ4n) is 2.74. The zero-order valence-electron chi connectivity index (χ0n) is 8.80. The van der Waals surface area contributed by atoms with Crippen molar-refractivity contribution in [3.63, 3.8) is 0 Å². The first-order chi connectivity index (χ1) is 7.19. The van der Waals surface area contributed by atoms with Crippen molar-refractivity contribution in [3.05, 3.63) is 12.2 Å². The van der Waals surface area contributed by atoms with Gasteiger partial charge in [-0.15, -0.1) is 0 Å². The molecule has 0 amide bonds. The molecule has 2 rings (SSSR count). The van der Waals surface area contributed by atoms with Gasteiger partial charge in [0.25, 0.3) is 0 Å². The fourth-order valence-corrected chi connectivity index (χ4v) is 2.74. The molecule has 0 aliphatic heterocycles. The quantitative estimate of drug-likeness (QED) is 0.499. The zero-order chi connectivity index (χ0) is 11.0. The number of rotatable bonds is 2. The molecule has 2 aliphatic rings. The number of hydrogen-bond acceptors (Lipinski definition) is 4. The molecule has 82 valence electrons. The molecule has 0 radical (unpaired) electrons. The summed E-state index contributed by atoms with van der Waals surface area (Å²) in [5, 5.41) is 0. The van der Waals surface area contributed by atoms with Gasteiger partial charge in [0.2, 0.25) is 0 Å². The molecule has 1 saturated carbocycles. The van der Waals surface area contributed by atoms with Crippen molar-refractivity contribution >= 4 is 11.9 Å². The van der Waals surface area contributed by atoms with Crippen LogP contribution in [0.4, 0.5) is 0 Å². The van der Waals surface area contributed by atoms with Gasteiger partial charge in [0, 0.05) is 0 Å². The topological polar surface area (TPSA) is 52.6 Å². The van der Waals surface area contributed by atoms with E-state index in [2.05, 4.69) is 0 Å². The molecule has 4 nitrogen and oxygen atoms in total. The fraction of sp³-hybridized carbons (Fsp3) is 0.636. The first kappa shape index (κ1) is 10.2. The number of carbonyl (C=O) groups excluding carboxylic acids is 2. The first-order valence-corrected chi connectivity index (χ1v) is 5.03. The molecule has 0 aromatic heterocycles. The summed E-state index contributed by atoms with van der Waals surface area (Å²) < 4.78 is 9.46. The molecule has 2 unspecified atom stereocenters. The summed E-state index contributed by atoms with van der Waals surface area (Å²) in [6.07, 6.45) is 4.87. The number of esters is 2.